The second-order valence-corrected chi connectivity index (χ2v) is 6.05. The SMILES string of the molecule is N#CCC(=O)Nc1ccc(N2CCc3ccccc3C2)c(C(F)(F)F)c1. The molecular weight excluding hydrogens is 343 g/mol. The van der Waals surface area contributed by atoms with Crippen molar-refractivity contribution >= 4 is 17.3 Å². The molecule has 2 aromatic rings. The van der Waals surface area contributed by atoms with Gasteiger partial charge in [0.05, 0.1) is 11.6 Å². The first-order chi connectivity index (χ1) is 12.4. The molecule has 134 valence electrons. The van der Waals surface area contributed by atoms with Gasteiger partial charge in [0.1, 0.15) is 6.42 Å². The van der Waals surface area contributed by atoms with Crippen LogP contribution in [0.15, 0.2) is 42.5 Å². The third-order valence-corrected chi connectivity index (χ3v) is 4.30. The predicted molar refractivity (Wildman–Crippen MR) is 91.5 cm³/mol. The van der Waals surface area contributed by atoms with Crippen molar-refractivity contribution in [3.8, 4) is 6.07 Å². The van der Waals surface area contributed by atoms with Gasteiger partial charge in [-0.1, -0.05) is 24.3 Å². The number of alkyl halides is 3. The molecule has 2 aromatic carbocycles. The van der Waals surface area contributed by atoms with Crippen LogP contribution in [0.25, 0.3) is 0 Å². The van der Waals surface area contributed by atoms with Crippen molar-refractivity contribution < 1.29 is 18.0 Å². The molecule has 0 aromatic heterocycles. The molecule has 1 N–H and O–H groups in total. The summed E-state index contributed by atoms with van der Waals surface area (Å²) in [6.07, 6.45) is -4.29. The average Bonchev–Trinajstić information content (AvgIpc) is 2.61. The standard InChI is InChI=1S/C19H16F3N3O/c20-19(21,22)16-11-15(24-18(26)7-9-23)5-6-17(16)25-10-8-13-3-1-2-4-14(13)12-25/h1-6,11H,7-8,10,12H2,(H,24,26). The Morgan fingerprint density at radius 2 is 1.92 bits per heavy atom. The van der Waals surface area contributed by atoms with Gasteiger partial charge in [0.15, 0.2) is 0 Å². The fraction of sp³-hybridized carbons (Fsp3) is 0.263. The molecule has 1 aliphatic heterocycles. The Hall–Kier alpha value is -3.01. The maximum atomic E-state index is 13.6. The summed E-state index contributed by atoms with van der Waals surface area (Å²) < 4.78 is 40.7. The number of hydrogen-bond donors (Lipinski definition) is 1. The van der Waals surface area contributed by atoms with Crippen molar-refractivity contribution in [2.45, 2.75) is 25.6 Å². The van der Waals surface area contributed by atoms with Gasteiger partial charge in [-0.25, -0.2) is 0 Å². The Labute approximate surface area is 148 Å². The van der Waals surface area contributed by atoms with Crippen LogP contribution in [0.3, 0.4) is 0 Å². The minimum absolute atomic E-state index is 0.0266. The Morgan fingerprint density at radius 1 is 1.19 bits per heavy atom. The fourth-order valence-electron chi connectivity index (χ4n) is 3.09. The van der Waals surface area contributed by atoms with E-state index in [2.05, 4.69) is 5.32 Å². The summed E-state index contributed by atoms with van der Waals surface area (Å²) in [4.78, 5) is 13.2. The molecule has 1 heterocycles. The Bertz CT molecular complexity index is 871. The van der Waals surface area contributed by atoms with E-state index < -0.39 is 24.1 Å². The zero-order valence-corrected chi connectivity index (χ0v) is 13.8. The monoisotopic (exact) mass is 359 g/mol. The van der Waals surface area contributed by atoms with Crippen LogP contribution in [0.4, 0.5) is 24.5 Å². The van der Waals surface area contributed by atoms with Crippen molar-refractivity contribution in [1.29, 1.82) is 5.26 Å². The summed E-state index contributed by atoms with van der Waals surface area (Å²) in [7, 11) is 0. The number of amides is 1. The molecular formula is C19H16F3N3O. The first-order valence-corrected chi connectivity index (χ1v) is 8.08. The van der Waals surface area contributed by atoms with Crippen molar-refractivity contribution in [3.63, 3.8) is 0 Å². The number of benzene rings is 2. The van der Waals surface area contributed by atoms with Crippen molar-refractivity contribution in [1.82, 2.24) is 0 Å². The summed E-state index contributed by atoms with van der Waals surface area (Å²) in [6, 6.07) is 13.1. The van der Waals surface area contributed by atoms with Crippen LogP contribution in [0.2, 0.25) is 0 Å². The van der Waals surface area contributed by atoms with Gasteiger partial charge in [-0.15, -0.1) is 0 Å². The molecule has 0 atom stereocenters. The van der Waals surface area contributed by atoms with Crippen molar-refractivity contribution in [2.75, 3.05) is 16.8 Å². The maximum absolute atomic E-state index is 13.6. The van der Waals surface area contributed by atoms with Crippen LogP contribution in [-0.4, -0.2) is 12.5 Å². The van der Waals surface area contributed by atoms with E-state index in [1.807, 2.05) is 24.3 Å². The molecule has 0 saturated heterocycles. The summed E-state index contributed by atoms with van der Waals surface area (Å²) in [6.45, 7) is 0.889. The van der Waals surface area contributed by atoms with E-state index in [1.54, 1.807) is 11.0 Å². The normalized spacial score (nSPS) is 13.7. The molecule has 1 amide bonds. The van der Waals surface area contributed by atoms with Gasteiger partial charge in [-0.05, 0) is 35.7 Å². The molecule has 0 aliphatic carbocycles. The largest absolute Gasteiger partial charge is 0.418 e. The molecule has 0 spiro atoms. The van der Waals surface area contributed by atoms with E-state index in [1.165, 1.54) is 12.1 Å². The second kappa shape index (κ2) is 7.08. The van der Waals surface area contributed by atoms with Gasteiger partial charge in [0.25, 0.3) is 0 Å². The summed E-state index contributed by atoms with van der Waals surface area (Å²) >= 11 is 0. The number of nitriles is 1. The van der Waals surface area contributed by atoms with Crippen LogP contribution in [0.5, 0.6) is 0 Å². The minimum Gasteiger partial charge on any atom is -0.366 e. The number of nitrogens with zero attached hydrogens (tertiary/aromatic N) is 2. The lowest BCUT2D eigenvalue weighted by Gasteiger charge is -2.32. The van der Waals surface area contributed by atoms with E-state index in [4.69, 9.17) is 5.26 Å². The van der Waals surface area contributed by atoms with Gasteiger partial charge in [0.2, 0.25) is 5.91 Å². The molecule has 4 nitrogen and oxygen atoms in total. The van der Waals surface area contributed by atoms with Gasteiger partial charge in [-0.2, -0.15) is 18.4 Å². The smallest absolute Gasteiger partial charge is 0.366 e. The molecule has 0 unspecified atom stereocenters. The van der Waals surface area contributed by atoms with Crippen molar-refractivity contribution in [3.05, 3.63) is 59.2 Å². The van der Waals surface area contributed by atoms with E-state index >= 15 is 0 Å². The highest BCUT2D eigenvalue weighted by atomic mass is 19.4. The Balaban J connectivity index is 1.92. The van der Waals surface area contributed by atoms with Gasteiger partial charge in [-0.3, -0.25) is 4.79 Å². The topological polar surface area (TPSA) is 56.1 Å². The Kier molecular flexibility index (Phi) is 4.85. The number of carbonyl (C=O) groups excluding carboxylic acids is 1. The maximum Gasteiger partial charge on any atom is 0.418 e. The number of carbonyl (C=O) groups is 1. The summed E-state index contributed by atoms with van der Waals surface area (Å²) in [5.41, 5.74) is 1.48. The lowest BCUT2D eigenvalue weighted by molar-refractivity contribution is -0.137. The first-order valence-electron chi connectivity index (χ1n) is 8.08. The van der Waals surface area contributed by atoms with Crippen molar-refractivity contribution in [2.24, 2.45) is 0 Å². The van der Waals surface area contributed by atoms with E-state index in [0.29, 0.717) is 19.5 Å². The minimum atomic E-state index is -4.55. The molecule has 0 fully saturated rings. The quantitative estimate of drug-likeness (QED) is 0.897. The number of anilines is 2. The molecule has 0 radical (unpaired) electrons. The number of hydrogen-bond acceptors (Lipinski definition) is 3. The molecule has 26 heavy (non-hydrogen) atoms. The predicted octanol–water partition coefficient (Wildman–Crippen LogP) is 4.12. The van der Waals surface area contributed by atoms with E-state index in [-0.39, 0.29) is 11.4 Å². The van der Waals surface area contributed by atoms with Gasteiger partial charge < -0.3 is 10.2 Å². The fourth-order valence-corrected chi connectivity index (χ4v) is 3.09. The molecule has 7 heteroatoms. The molecule has 0 bridgehead atoms. The zero-order valence-electron chi connectivity index (χ0n) is 13.8. The Morgan fingerprint density at radius 3 is 2.62 bits per heavy atom. The van der Waals surface area contributed by atoms with E-state index in [0.717, 1.165) is 17.2 Å². The van der Waals surface area contributed by atoms with E-state index in [9.17, 15) is 18.0 Å². The van der Waals surface area contributed by atoms with Crippen LogP contribution in [0, 0.1) is 11.3 Å². The van der Waals surface area contributed by atoms with Gasteiger partial charge >= 0.3 is 6.18 Å². The highest BCUT2D eigenvalue weighted by Gasteiger charge is 2.36. The van der Waals surface area contributed by atoms with Crippen LogP contribution in [0.1, 0.15) is 23.1 Å². The highest BCUT2D eigenvalue weighted by Crippen LogP contribution is 2.39. The number of rotatable bonds is 3. The molecule has 0 saturated carbocycles. The summed E-state index contributed by atoms with van der Waals surface area (Å²) in [5.74, 6) is -0.639. The lowest BCUT2D eigenvalue weighted by atomic mass is 9.98. The highest BCUT2D eigenvalue weighted by molar-refractivity contribution is 5.92. The molecule has 1 aliphatic rings. The van der Waals surface area contributed by atoms with Gasteiger partial charge in [0, 0.05) is 24.5 Å². The van der Waals surface area contributed by atoms with Crippen LogP contribution in [-0.2, 0) is 23.9 Å². The lowest BCUT2D eigenvalue weighted by Crippen LogP contribution is -2.32. The number of nitrogens with one attached hydrogen (secondary N) is 1. The molecule has 3 rings (SSSR count). The summed E-state index contributed by atoms with van der Waals surface area (Å²) in [5, 5.41) is 10.8. The van der Waals surface area contributed by atoms with Crippen LogP contribution < -0.4 is 10.2 Å². The second-order valence-electron chi connectivity index (χ2n) is 6.05. The average molecular weight is 359 g/mol. The number of fused-ring (bicyclic) bond motifs is 1. The number of halogens is 3. The zero-order chi connectivity index (χ0) is 18.7. The first kappa shape index (κ1) is 17.8. The third kappa shape index (κ3) is 3.80. The van der Waals surface area contributed by atoms with Crippen LogP contribution >= 0.6 is 0 Å². The third-order valence-electron chi connectivity index (χ3n) is 4.30.